The van der Waals surface area contributed by atoms with E-state index in [1.165, 1.54) is 5.56 Å². The van der Waals surface area contributed by atoms with E-state index in [-0.39, 0.29) is 5.91 Å². The van der Waals surface area contributed by atoms with Gasteiger partial charge in [-0.25, -0.2) is 0 Å². The van der Waals surface area contributed by atoms with Crippen LogP contribution in [0.3, 0.4) is 0 Å². The fraction of sp³-hybridized carbons (Fsp3) is 0.316. The van der Waals surface area contributed by atoms with Crippen LogP contribution in [0.2, 0.25) is 0 Å². The van der Waals surface area contributed by atoms with Crippen molar-refractivity contribution in [2.75, 3.05) is 11.9 Å². The predicted octanol–water partition coefficient (Wildman–Crippen LogP) is 4.31. The van der Waals surface area contributed by atoms with Gasteiger partial charge in [0.15, 0.2) is 0 Å². The number of rotatable bonds is 5. The molecule has 0 aliphatic carbocycles. The molecule has 0 heterocycles. The summed E-state index contributed by atoms with van der Waals surface area (Å²) in [5.41, 5.74) is 2.26. The summed E-state index contributed by atoms with van der Waals surface area (Å²) in [4.78, 5) is 12.7. The van der Waals surface area contributed by atoms with Crippen LogP contribution in [0.5, 0.6) is 5.75 Å². The number of amides is 1. The number of ether oxygens (including phenoxy) is 1. The van der Waals surface area contributed by atoms with E-state index in [9.17, 15) is 4.79 Å². The summed E-state index contributed by atoms with van der Waals surface area (Å²) in [6.45, 7) is 8.38. The fourth-order valence-electron chi connectivity index (χ4n) is 2.23. The van der Waals surface area contributed by atoms with E-state index in [2.05, 4.69) is 5.32 Å². The largest absolute Gasteiger partial charge is 0.492 e. The minimum absolute atomic E-state index is 0.0523. The zero-order valence-electron chi connectivity index (χ0n) is 13.6. The number of anilines is 1. The molecule has 0 radical (unpaired) electrons. The number of benzene rings is 2. The number of nitrogens with one attached hydrogen (secondary N) is 1. The van der Waals surface area contributed by atoms with Crippen LogP contribution in [0.15, 0.2) is 48.5 Å². The van der Waals surface area contributed by atoms with Gasteiger partial charge in [-0.3, -0.25) is 4.79 Å². The average molecular weight is 297 g/mol. The lowest BCUT2D eigenvalue weighted by atomic mass is 9.83. The van der Waals surface area contributed by atoms with Crippen molar-refractivity contribution in [1.29, 1.82) is 0 Å². The molecule has 0 aromatic heterocycles. The van der Waals surface area contributed by atoms with Crippen molar-refractivity contribution < 1.29 is 9.53 Å². The van der Waals surface area contributed by atoms with Crippen molar-refractivity contribution in [3.63, 3.8) is 0 Å². The summed E-state index contributed by atoms with van der Waals surface area (Å²) in [5, 5.41) is 2.98. The summed E-state index contributed by atoms with van der Waals surface area (Å²) in [6, 6.07) is 15.6. The molecule has 22 heavy (non-hydrogen) atoms. The van der Waals surface area contributed by atoms with Crippen LogP contribution in [-0.4, -0.2) is 12.5 Å². The average Bonchev–Trinajstić information content (AvgIpc) is 2.50. The standard InChI is InChI=1S/C19H23NO2/c1-5-22-17-9-7-6-8-16(17)20-18(21)19(3,4)15-12-10-14(2)11-13-15/h6-13H,5H2,1-4H3,(H,20,21). The normalized spacial score (nSPS) is 11.1. The van der Waals surface area contributed by atoms with Gasteiger partial charge in [0.2, 0.25) is 5.91 Å². The Morgan fingerprint density at radius 1 is 1.09 bits per heavy atom. The van der Waals surface area contributed by atoms with E-state index < -0.39 is 5.41 Å². The molecule has 0 spiro atoms. The highest BCUT2D eigenvalue weighted by Gasteiger charge is 2.30. The maximum atomic E-state index is 12.7. The topological polar surface area (TPSA) is 38.3 Å². The van der Waals surface area contributed by atoms with Gasteiger partial charge in [-0.15, -0.1) is 0 Å². The second-order valence-corrected chi connectivity index (χ2v) is 5.87. The van der Waals surface area contributed by atoms with Crippen LogP contribution in [0.25, 0.3) is 0 Å². The van der Waals surface area contributed by atoms with E-state index in [4.69, 9.17) is 4.74 Å². The lowest BCUT2D eigenvalue weighted by Gasteiger charge is -2.25. The maximum absolute atomic E-state index is 12.7. The number of aryl methyl sites for hydroxylation is 1. The molecule has 3 heteroatoms. The van der Waals surface area contributed by atoms with Crippen LogP contribution in [0.1, 0.15) is 31.9 Å². The summed E-state index contributed by atoms with van der Waals surface area (Å²) >= 11 is 0. The quantitative estimate of drug-likeness (QED) is 0.893. The highest BCUT2D eigenvalue weighted by atomic mass is 16.5. The van der Waals surface area contributed by atoms with Crippen LogP contribution >= 0.6 is 0 Å². The second kappa shape index (κ2) is 6.65. The van der Waals surface area contributed by atoms with Crippen molar-refractivity contribution in [3.8, 4) is 5.75 Å². The molecule has 0 saturated carbocycles. The Morgan fingerprint density at radius 2 is 1.73 bits per heavy atom. The molecule has 1 N–H and O–H groups in total. The highest BCUT2D eigenvalue weighted by Crippen LogP contribution is 2.29. The van der Waals surface area contributed by atoms with E-state index in [0.717, 1.165) is 5.56 Å². The number of carbonyl (C=O) groups excluding carboxylic acids is 1. The third-order valence-electron chi connectivity index (χ3n) is 3.78. The van der Waals surface area contributed by atoms with Crippen molar-refractivity contribution in [2.24, 2.45) is 0 Å². The van der Waals surface area contributed by atoms with Gasteiger partial charge in [0.05, 0.1) is 17.7 Å². The van der Waals surface area contributed by atoms with E-state index in [0.29, 0.717) is 18.0 Å². The van der Waals surface area contributed by atoms with Gasteiger partial charge in [0.1, 0.15) is 5.75 Å². The first-order valence-electron chi connectivity index (χ1n) is 7.55. The number of para-hydroxylation sites is 2. The van der Waals surface area contributed by atoms with Gasteiger partial charge in [-0.2, -0.15) is 0 Å². The Bertz CT molecular complexity index is 645. The first-order chi connectivity index (χ1) is 10.4. The van der Waals surface area contributed by atoms with Gasteiger partial charge >= 0.3 is 0 Å². The molecule has 2 aromatic carbocycles. The number of hydrogen-bond donors (Lipinski definition) is 1. The first-order valence-corrected chi connectivity index (χ1v) is 7.55. The first kappa shape index (κ1) is 16.1. The van der Waals surface area contributed by atoms with Gasteiger partial charge in [-0.05, 0) is 45.4 Å². The lowest BCUT2D eigenvalue weighted by molar-refractivity contribution is -0.120. The minimum atomic E-state index is -0.618. The molecular formula is C19H23NO2. The summed E-state index contributed by atoms with van der Waals surface area (Å²) in [5.74, 6) is 0.640. The Hall–Kier alpha value is -2.29. The highest BCUT2D eigenvalue weighted by molar-refractivity contribution is 5.99. The van der Waals surface area contributed by atoms with Crippen molar-refractivity contribution in [3.05, 3.63) is 59.7 Å². The third kappa shape index (κ3) is 3.48. The monoisotopic (exact) mass is 297 g/mol. The molecule has 0 bridgehead atoms. The van der Waals surface area contributed by atoms with Crippen molar-refractivity contribution in [1.82, 2.24) is 0 Å². The molecule has 0 aliphatic heterocycles. The van der Waals surface area contributed by atoms with Crippen LogP contribution in [0, 0.1) is 6.92 Å². The molecule has 2 aromatic rings. The van der Waals surface area contributed by atoms with Gasteiger partial charge in [0.25, 0.3) is 0 Å². The van der Waals surface area contributed by atoms with Crippen molar-refractivity contribution >= 4 is 11.6 Å². The summed E-state index contributed by atoms with van der Waals surface area (Å²) in [7, 11) is 0. The minimum Gasteiger partial charge on any atom is -0.492 e. The summed E-state index contributed by atoms with van der Waals surface area (Å²) < 4.78 is 5.56. The molecule has 116 valence electrons. The van der Waals surface area contributed by atoms with Gasteiger partial charge in [0, 0.05) is 0 Å². The van der Waals surface area contributed by atoms with Gasteiger partial charge in [-0.1, -0.05) is 42.0 Å². The number of hydrogen-bond acceptors (Lipinski definition) is 2. The van der Waals surface area contributed by atoms with Crippen LogP contribution < -0.4 is 10.1 Å². The Morgan fingerprint density at radius 3 is 2.36 bits per heavy atom. The molecule has 2 rings (SSSR count). The van der Waals surface area contributed by atoms with E-state index >= 15 is 0 Å². The Balaban J connectivity index is 2.22. The molecular weight excluding hydrogens is 274 g/mol. The molecule has 0 unspecified atom stereocenters. The van der Waals surface area contributed by atoms with Crippen LogP contribution in [0.4, 0.5) is 5.69 Å². The Labute approximate surface area is 132 Å². The summed E-state index contributed by atoms with van der Waals surface area (Å²) in [6.07, 6.45) is 0. The maximum Gasteiger partial charge on any atom is 0.234 e. The molecule has 0 atom stereocenters. The smallest absolute Gasteiger partial charge is 0.234 e. The predicted molar refractivity (Wildman–Crippen MR) is 90.4 cm³/mol. The zero-order valence-corrected chi connectivity index (χ0v) is 13.6. The third-order valence-corrected chi connectivity index (χ3v) is 3.78. The molecule has 0 aliphatic rings. The van der Waals surface area contributed by atoms with Crippen molar-refractivity contribution in [2.45, 2.75) is 33.1 Å². The fourth-order valence-corrected chi connectivity index (χ4v) is 2.23. The second-order valence-electron chi connectivity index (χ2n) is 5.87. The molecule has 1 amide bonds. The Kier molecular flexibility index (Phi) is 4.86. The zero-order chi connectivity index (χ0) is 16.2. The van der Waals surface area contributed by atoms with E-state index in [1.807, 2.05) is 76.2 Å². The van der Waals surface area contributed by atoms with Gasteiger partial charge < -0.3 is 10.1 Å². The molecule has 0 fully saturated rings. The number of carbonyl (C=O) groups is 1. The van der Waals surface area contributed by atoms with E-state index in [1.54, 1.807) is 0 Å². The van der Waals surface area contributed by atoms with Crippen LogP contribution in [-0.2, 0) is 10.2 Å². The molecule has 0 saturated heterocycles. The molecule has 3 nitrogen and oxygen atoms in total. The SMILES string of the molecule is CCOc1ccccc1NC(=O)C(C)(C)c1ccc(C)cc1. The lowest BCUT2D eigenvalue weighted by Crippen LogP contribution is -2.34.